The molecule has 0 aliphatic rings. The Balaban J connectivity index is 2.97. The van der Waals surface area contributed by atoms with Gasteiger partial charge in [-0.3, -0.25) is 0 Å². The number of anilines is 1. The Kier molecular flexibility index (Phi) is 5.86. The Bertz CT molecular complexity index is 573. The molecule has 20 heavy (non-hydrogen) atoms. The molecule has 0 aliphatic carbocycles. The summed E-state index contributed by atoms with van der Waals surface area (Å²) in [6, 6.07) is 2.87. The molecular formula is C14H23ClN2O2S. The second-order valence-electron chi connectivity index (χ2n) is 5.41. The first-order chi connectivity index (χ1) is 9.17. The van der Waals surface area contributed by atoms with Gasteiger partial charge >= 0.3 is 0 Å². The summed E-state index contributed by atoms with van der Waals surface area (Å²) < 4.78 is 27.5. The van der Waals surface area contributed by atoms with Gasteiger partial charge in [0.25, 0.3) is 0 Å². The van der Waals surface area contributed by atoms with Crippen molar-refractivity contribution in [2.24, 2.45) is 5.92 Å². The van der Waals surface area contributed by atoms with Gasteiger partial charge in [0.05, 0.1) is 15.6 Å². The van der Waals surface area contributed by atoms with Gasteiger partial charge in [0.2, 0.25) is 10.0 Å². The van der Waals surface area contributed by atoms with E-state index >= 15 is 0 Å². The number of rotatable bonds is 6. The monoisotopic (exact) mass is 318 g/mol. The third-order valence-corrected chi connectivity index (χ3v) is 5.45. The highest BCUT2D eigenvalue weighted by atomic mass is 35.5. The molecule has 0 fully saturated rings. The molecule has 0 spiro atoms. The molecule has 1 aromatic rings. The molecule has 0 saturated heterocycles. The van der Waals surface area contributed by atoms with Crippen LogP contribution < -0.4 is 10.5 Å². The molecule has 0 saturated carbocycles. The number of hydrogen-bond acceptors (Lipinski definition) is 3. The number of hydrogen-bond donors (Lipinski definition) is 2. The summed E-state index contributed by atoms with van der Waals surface area (Å²) in [5.74, 6) is 0.476. The number of aryl methyl sites for hydroxylation is 1. The minimum Gasteiger partial charge on any atom is -0.397 e. The third kappa shape index (κ3) is 4.36. The summed E-state index contributed by atoms with van der Waals surface area (Å²) in [5.41, 5.74) is 6.56. The number of sulfonamides is 1. The second-order valence-corrected chi connectivity index (χ2v) is 7.50. The maximum atomic E-state index is 12.4. The molecule has 3 N–H and O–H groups in total. The van der Waals surface area contributed by atoms with Crippen molar-refractivity contribution in [1.82, 2.24) is 4.72 Å². The van der Waals surface area contributed by atoms with E-state index in [9.17, 15) is 8.42 Å². The normalized spacial score (nSPS) is 15.1. The fourth-order valence-electron chi connectivity index (χ4n) is 2.10. The zero-order chi connectivity index (χ0) is 15.5. The predicted molar refractivity (Wildman–Crippen MR) is 84.5 cm³/mol. The molecule has 1 aromatic carbocycles. The molecule has 114 valence electrons. The lowest BCUT2D eigenvalue weighted by Gasteiger charge is -2.18. The molecule has 0 radical (unpaired) electrons. The van der Waals surface area contributed by atoms with Crippen LogP contribution in [-0.4, -0.2) is 14.5 Å². The molecule has 2 atom stereocenters. The Hall–Kier alpha value is -0.780. The van der Waals surface area contributed by atoms with Gasteiger partial charge in [-0.15, -0.1) is 0 Å². The molecular weight excluding hydrogens is 296 g/mol. The van der Waals surface area contributed by atoms with E-state index < -0.39 is 10.0 Å². The molecule has 0 amide bonds. The first-order valence-electron chi connectivity index (χ1n) is 6.75. The highest BCUT2D eigenvalue weighted by Gasteiger charge is 2.21. The van der Waals surface area contributed by atoms with Crippen LogP contribution in [0.4, 0.5) is 5.69 Å². The van der Waals surface area contributed by atoms with Crippen molar-refractivity contribution in [3.63, 3.8) is 0 Å². The molecule has 1 rings (SSSR count). The topological polar surface area (TPSA) is 72.2 Å². The number of benzene rings is 1. The molecule has 0 aliphatic heterocycles. The minimum atomic E-state index is -3.57. The van der Waals surface area contributed by atoms with Gasteiger partial charge in [-0.1, -0.05) is 31.9 Å². The summed E-state index contributed by atoms with van der Waals surface area (Å²) in [7, 11) is -3.57. The smallest absolute Gasteiger partial charge is 0.241 e. The zero-order valence-electron chi connectivity index (χ0n) is 12.4. The number of nitrogen functional groups attached to an aromatic ring is 1. The average molecular weight is 319 g/mol. The first-order valence-corrected chi connectivity index (χ1v) is 8.61. The highest BCUT2D eigenvalue weighted by Crippen LogP contribution is 2.26. The number of nitrogens with one attached hydrogen (secondary N) is 1. The van der Waals surface area contributed by atoms with Crippen LogP contribution in [0, 0.1) is 12.8 Å². The van der Waals surface area contributed by atoms with Crippen LogP contribution >= 0.6 is 11.6 Å². The summed E-state index contributed by atoms with van der Waals surface area (Å²) >= 11 is 5.89. The second kappa shape index (κ2) is 6.78. The van der Waals surface area contributed by atoms with Gasteiger partial charge < -0.3 is 5.73 Å². The molecule has 6 heteroatoms. The van der Waals surface area contributed by atoms with Crippen molar-refractivity contribution in [1.29, 1.82) is 0 Å². The molecule has 0 bridgehead atoms. The van der Waals surface area contributed by atoms with Crippen LogP contribution in [0.25, 0.3) is 0 Å². The summed E-state index contributed by atoms with van der Waals surface area (Å²) in [6.07, 6.45) is 1.83. The summed E-state index contributed by atoms with van der Waals surface area (Å²) in [6.45, 7) is 7.78. The van der Waals surface area contributed by atoms with Crippen molar-refractivity contribution in [3.8, 4) is 0 Å². The van der Waals surface area contributed by atoms with Gasteiger partial charge in [0, 0.05) is 6.04 Å². The largest absolute Gasteiger partial charge is 0.397 e. The van der Waals surface area contributed by atoms with Gasteiger partial charge in [-0.05, 0) is 43.9 Å². The maximum Gasteiger partial charge on any atom is 0.241 e. The van der Waals surface area contributed by atoms with Gasteiger partial charge in [0.1, 0.15) is 0 Å². The van der Waals surface area contributed by atoms with Crippen LogP contribution in [0.5, 0.6) is 0 Å². The fourth-order valence-corrected chi connectivity index (χ4v) is 3.84. The third-order valence-electron chi connectivity index (χ3n) is 3.39. The van der Waals surface area contributed by atoms with Crippen LogP contribution in [-0.2, 0) is 10.0 Å². The molecule has 4 nitrogen and oxygen atoms in total. The Morgan fingerprint density at radius 1 is 1.35 bits per heavy atom. The molecule has 0 aromatic heterocycles. The molecule has 0 heterocycles. The van der Waals surface area contributed by atoms with Crippen LogP contribution in [0.2, 0.25) is 5.02 Å². The minimum absolute atomic E-state index is 0.119. The van der Waals surface area contributed by atoms with Crippen molar-refractivity contribution in [3.05, 3.63) is 22.7 Å². The van der Waals surface area contributed by atoms with E-state index in [-0.39, 0.29) is 16.6 Å². The van der Waals surface area contributed by atoms with E-state index in [0.717, 1.165) is 12.8 Å². The SMILES string of the molecule is CCC(C)CC(C)NS(=O)(=O)c1cc(N)c(Cl)cc1C. The zero-order valence-corrected chi connectivity index (χ0v) is 14.0. The van der Waals surface area contributed by atoms with Gasteiger partial charge in [-0.2, -0.15) is 0 Å². The lowest BCUT2D eigenvalue weighted by molar-refractivity contribution is 0.445. The fraction of sp³-hybridized carbons (Fsp3) is 0.571. The maximum absolute atomic E-state index is 12.4. The van der Waals surface area contributed by atoms with Gasteiger partial charge in [-0.25, -0.2) is 13.1 Å². The summed E-state index contributed by atoms with van der Waals surface area (Å²) in [5, 5.41) is 0.370. The number of nitrogens with two attached hydrogens (primary N) is 1. The standard InChI is InChI=1S/C14H23ClN2O2S/c1-5-9(2)6-11(4)17-20(18,19)14-8-13(16)12(15)7-10(14)3/h7-9,11,17H,5-6,16H2,1-4H3. The van der Waals surface area contributed by atoms with E-state index in [0.29, 0.717) is 16.5 Å². The number of halogens is 1. The van der Waals surface area contributed by atoms with Crippen LogP contribution in [0.3, 0.4) is 0 Å². The van der Waals surface area contributed by atoms with Crippen LogP contribution in [0.15, 0.2) is 17.0 Å². The van der Waals surface area contributed by atoms with Crippen molar-refractivity contribution < 1.29 is 8.42 Å². The van der Waals surface area contributed by atoms with Crippen molar-refractivity contribution >= 4 is 27.3 Å². The highest BCUT2D eigenvalue weighted by molar-refractivity contribution is 7.89. The van der Waals surface area contributed by atoms with E-state index in [4.69, 9.17) is 17.3 Å². The van der Waals surface area contributed by atoms with E-state index in [1.54, 1.807) is 13.0 Å². The Morgan fingerprint density at radius 2 is 1.95 bits per heavy atom. The lowest BCUT2D eigenvalue weighted by Crippen LogP contribution is -2.34. The van der Waals surface area contributed by atoms with E-state index in [1.807, 2.05) is 6.92 Å². The van der Waals surface area contributed by atoms with Crippen molar-refractivity contribution in [2.75, 3.05) is 5.73 Å². The predicted octanol–water partition coefficient (Wildman–Crippen LogP) is 3.33. The van der Waals surface area contributed by atoms with Crippen LogP contribution in [0.1, 0.15) is 39.2 Å². The lowest BCUT2D eigenvalue weighted by atomic mass is 10.0. The Labute approximate surface area is 126 Å². The van der Waals surface area contributed by atoms with E-state index in [1.165, 1.54) is 6.07 Å². The summed E-state index contributed by atoms with van der Waals surface area (Å²) in [4.78, 5) is 0.190. The first kappa shape index (κ1) is 17.3. The van der Waals surface area contributed by atoms with Gasteiger partial charge in [0.15, 0.2) is 0 Å². The molecule has 2 unspecified atom stereocenters. The Morgan fingerprint density at radius 3 is 2.50 bits per heavy atom. The quantitative estimate of drug-likeness (QED) is 0.790. The average Bonchev–Trinajstić information content (AvgIpc) is 2.32. The van der Waals surface area contributed by atoms with E-state index in [2.05, 4.69) is 18.6 Å². The van der Waals surface area contributed by atoms with Crippen molar-refractivity contribution in [2.45, 2.75) is 51.5 Å².